The summed E-state index contributed by atoms with van der Waals surface area (Å²) in [7, 11) is 0. The van der Waals surface area contributed by atoms with Crippen molar-refractivity contribution in [3.63, 3.8) is 0 Å². The number of carbonyl (C=O) groups excluding carboxylic acids is 1. The number of rotatable bonds is 7. The van der Waals surface area contributed by atoms with E-state index < -0.39 is 12.3 Å². The summed E-state index contributed by atoms with van der Waals surface area (Å²) in [5.41, 5.74) is 1.34. The van der Waals surface area contributed by atoms with Crippen LogP contribution in [0.2, 0.25) is 0 Å². The van der Waals surface area contributed by atoms with Crippen LogP contribution >= 0.6 is 0 Å². The fourth-order valence-corrected chi connectivity index (χ4v) is 2.99. The van der Waals surface area contributed by atoms with Crippen LogP contribution < -0.4 is 14.4 Å². The van der Waals surface area contributed by atoms with Gasteiger partial charge in [-0.2, -0.15) is 0 Å². The fourth-order valence-electron chi connectivity index (χ4n) is 2.99. The van der Waals surface area contributed by atoms with Crippen molar-refractivity contribution >= 4 is 11.6 Å². The first kappa shape index (κ1) is 18.9. The first-order valence-corrected chi connectivity index (χ1v) is 9.45. The van der Waals surface area contributed by atoms with E-state index in [-0.39, 0.29) is 12.5 Å². The number of pyridine rings is 1. The number of halogens is 1. The molecule has 0 aliphatic heterocycles. The van der Waals surface area contributed by atoms with E-state index in [0.29, 0.717) is 29.4 Å². The van der Waals surface area contributed by atoms with Crippen LogP contribution in [0.25, 0.3) is 0 Å². The molecule has 0 N–H and O–H groups in total. The molecule has 1 aromatic heterocycles. The van der Waals surface area contributed by atoms with Gasteiger partial charge < -0.3 is 14.4 Å². The average Bonchev–Trinajstić information content (AvgIpc) is 3.43. The molecule has 0 saturated heterocycles. The van der Waals surface area contributed by atoms with E-state index in [2.05, 4.69) is 4.98 Å². The van der Waals surface area contributed by atoms with E-state index >= 15 is 0 Å². The average molecular weight is 391 g/mol. The highest BCUT2D eigenvalue weighted by Crippen LogP contribution is 2.35. The Morgan fingerprint density at radius 2 is 1.83 bits per heavy atom. The second-order valence-corrected chi connectivity index (χ2v) is 6.88. The molecule has 1 fully saturated rings. The van der Waals surface area contributed by atoms with Crippen molar-refractivity contribution in [1.82, 2.24) is 4.98 Å². The molecule has 1 aliphatic carbocycles. The smallest absolute Gasteiger partial charge is 0.224 e. The van der Waals surface area contributed by atoms with E-state index in [0.717, 1.165) is 5.56 Å². The molecule has 0 bridgehead atoms. The number of carbonyl (C=O) groups is 1. The lowest BCUT2D eigenvalue weighted by molar-refractivity contribution is -0.116. The van der Waals surface area contributed by atoms with E-state index in [4.69, 9.17) is 9.47 Å². The minimum atomic E-state index is -0.920. The van der Waals surface area contributed by atoms with Crippen LogP contribution in [0.3, 0.4) is 0 Å². The Balaban J connectivity index is 1.62. The standard InChI is InChI=1S/C23H21FN2O3/c1-16(27)26(15-17-7-5-6-10-21(17)29-23-13-19(23)24)20-14-25-12-11-22(20)28-18-8-3-2-4-9-18/h2-12,14,19,23H,13,15H2,1H3/i24-1. The number of ether oxygens (including phenoxy) is 2. The number of benzene rings is 2. The van der Waals surface area contributed by atoms with Gasteiger partial charge in [0, 0.05) is 31.2 Å². The lowest BCUT2D eigenvalue weighted by Gasteiger charge is -2.24. The number of alkyl halides is 1. The Bertz CT molecular complexity index is 996. The van der Waals surface area contributed by atoms with Crippen LogP contribution in [0.5, 0.6) is 17.2 Å². The van der Waals surface area contributed by atoms with Crippen molar-refractivity contribution in [2.24, 2.45) is 0 Å². The molecule has 5 nitrogen and oxygen atoms in total. The monoisotopic (exact) mass is 391 g/mol. The van der Waals surface area contributed by atoms with Crippen molar-refractivity contribution in [2.45, 2.75) is 32.2 Å². The van der Waals surface area contributed by atoms with Gasteiger partial charge in [-0.1, -0.05) is 36.4 Å². The summed E-state index contributed by atoms with van der Waals surface area (Å²) in [6.45, 7) is 1.74. The zero-order chi connectivity index (χ0) is 20.2. The second-order valence-electron chi connectivity index (χ2n) is 6.88. The van der Waals surface area contributed by atoms with Crippen LogP contribution in [0.1, 0.15) is 18.9 Å². The highest BCUT2D eigenvalue weighted by atomic mass is 18.2. The number of amides is 1. The normalized spacial score (nSPS) is 17.4. The highest BCUT2D eigenvalue weighted by molar-refractivity contribution is 5.93. The summed E-state index contributed by atoms with van der Waals surface area (Å²) in [5, 5.41) is 0. The van der Waals surface area contributed by atoms with E-state index in [9.17, 15) is 9.18 Å². The predicted octanol–water partition coefficient (Wildman–Crippen LogP) is 4.92. The summed E-state index contributed by atoms with van der Waals surface area (Å²) in [6, 6.07) is 18.4. The van der Waals surface area contributed by atoms with Gasteiger partial charge in [-0.25, -0.2) is 4.39 Å². The van der Waals surface area contributed by atoms with Crippen LogP contribution in [0, 0.1) is 0 Å². The SMILES string of the molecule is CC(=O)N(Cc1ccccc1OC1CC1[18F])c1cnccc1Oc1ccccc1. The van der Waals surface area contributed by atoms with Crippen LogP contribution in [0.4, 0.5) is 10.1 Å². The van der Waals surface area contributed by atoms with Crippen molar-refractivity contribution in [1.29, 1.82) is 0 Å². The Kier molecular flexibility index (Phi) is 5.42. The molecule has 3 aromatic rings. The Labute approximate surface area is 168 Å². The van der Waals surface area contributed by atoms with Gasteiger partial charge in [0.2, 0.25) is 5.91 Å². The van der Waals surface area contributed by atoms with Gasteiger partial charge in [-0.15, -0.1) is 0 Å². The largest absolute Gasteiger partial charge is 0.487 e. The molecule has 2 aromatic carbocycles. The zero-order valence-corrected chi connectivity index (χ0v) is 16.0. The topological polar surface area (TPSA) is 51.7 Å². The molecule has 1 amide bonds. The van der Waals surface area contributed by atoms with Crippen LogP contribution in [-0.2, 0) is 11.3 Å². The van der Waals surface area contributed by atoms with Gasteiger partial charge in [-0.05, 0) is 18.2 Å². The van der Waals surface area contributed by atoms with Crippen LogP contribution in [-0.4, -0.2) is 23.2 Å². The third-order valence-electron chi connectivity index (χ3n) is 4.64. The number of para-hydroxylation sites is 2. The molecule has 0 spiro atoms. The number of aromatic nitrogens is 1. The van der Waals surface area contributed by atoms with Gasteiger partial charge in [0.25, 0.3) is 0 Å². The van der Waals surface area contributed by atoms with Crippen molar-refractivity contribution in [2.75, 3.05) is 4.90 Å². The molecule has 148 valence electrons. The molecular formula is C23H21FN2O3. The molecule has 6 heteroatoms. The third kappa shape index (κ3) is 4.54. The van der Waals surface area contributed by atoms with Gasteiger partial charge in [0.1, 0.15) is 29.5 Å². The van der Waals surface area contributed by atoms with Gasteiger partial charge in [0.15, 0.2) is 5.75 Å². The Hall–Kier alpha value is -3.41. The lowest BCUT2D eigenvalue weighted by Crippen LogP contribution is -2.28. The molecule has 0 radical (unpaired) electrons. The number of hydrogen-bond donors (Lipinski definition) is 0. The van der Waals surface area contributed by atoms with E-state index in [1.54, 1.807) is 29.4 Å². The first-order valence-electron chi connectivity index (χ1n) is 9.45. The second kappa shape index (κ2) is 8.31. The Morgan fingerprint density at radius 3 is 2.55 bits per heavy atom. The minimum Gasteiger partial charge on any atom is -0.487 e. The Morgan fingerprint density at radius 1 is 1.10 bits per heavy atom. The van der Waals surface area contributed by atoms with Crippen LogP contribution in [0.15, 0.2) is 73.1 Å². The van der Waals surface area contributed by atoms with Crippen molar-refractivity contribution in [3.8, 4) is 17.2 Å². The highest BCUT2D eigenvalue weighted by Gasteiger charge is 2.40. The number of hydrogen-bond acceptors (Lipinski definition) is 4. The molecule has 2 atom stereocenters. The molecule has 1 aliphatic rings. The predicted molar refractivity (Wildman–Crippen MR) is 108 cm³/mol. The van der Waals surface area contributed by atoms with E-state index in [1.807, 2.05) is 48.5 Å². The molecule has 1 saturated carbocycles. The molecule has 29 heavy (non-hydrogen) atoms. The van der Waals surface area contributed by atoms with Gasteiger partial charge in [0.05, 0.1) is 12.7 Å². The first-order chi connectivity index (χ1) is 14.1. The van der Waals surface area contributed by atoms with Crippen molar-refractivity contribution in [3.05, 3.63) is 78.6 Å². The minimum absolute atomic E-state index is 0.166. The maximum absolute atomic E-state index is 13.3. The lowest BCUT2D eigenvalue weighted by atomic mass is 10.1. The molecule has 2 unspecified atom stereocenters. The summed E-state index contributed by atoms with van der Waals surface area (Å²) in [6.07, 6.45) is 2.30. The van der Waals surface area contributed by atoms with E-state index in [1.165, 1.54) is 6.92 Å². The summed E-state index contributed by atoms with van der Waals surface area (Å²) in [4.78, 5) is 18.2. The molecule has 4 rings (SSSR count). The number of nitrogens with zero attached hydrogens (tertiary/aromatic N) is 2. The third-order valence-corrected chi connectivity index (χ3v) is 4.64. The van der Waals surface area contributed by atoms with Crippen molar-refractivity contribution < 1.29 is 18.7 Å². The number of anilines is 1. The van der Waals surface area contributed by atoms with Gasteiger partial charge in [-0.3, -0.25) is 9.78 Å². The zero-order valence-electron chi connectivity index (χ0n) is 16.0. The summed E-state index contributed by atoms with van der Waals surface area (Å²) < 4.78 is 25.0. The van der Waals surface area contributed by atoms with Gasteiger partial charge >= 0.3 is 0 Å². The maximum atomic E-state index is 13.3. The summed E-state index contributed by atoms with van der Waals surface area (Å²) >= 11 is 0. The molecular weight excluding hydrogens is 370 g/mol. The molecule has 1 heterocycles. The maximum Gasteiger partial charge on any atom is 0.224 e. The summed E-state index contributed by atoms with van der Waals surface area (Å²) in [5.74, 6) is 1.60. The quantitative estimate of drug-likeness (QED) is 0.574. The fraction of sp³-hybridized carbons (Fsp3) is 0.217.